The van der Waals surface area contributed by atoms with Gasteiger partial charge < -0.3 is 5.32 Å². The molecule has 0 spiro atoms. The molecule has 6 nitrogen and oxygen atoms in total. The number of carbonyl (C=O) groups is 1. The maximum atomic E-state index is 12.5. The van der Waals surface area contributed by atoms with Gasteiger partial charge in [-0.3, -0.25) is 4.79 Å². The molecule has 0 aliphatic rings. The van der Waals surface area contributed by atoms with Gasteiger partial charge >= 0.3 is 0 Å². The molecule has 0 atom stereocenters. The minimum atomic E-state index is -0.353. The van der Waals surface area contributed by atoms with Crippen molar-refractivity contribution in [1.29, 1.82) is 5.26 Å². The number of thioether (sulfide) groups is 1. The Bertz CT molecular complexity index is 1010. The molecule has 8 heteroatoms. The predicted molar refractivity (Wildman–Crippen MR) is 102 cm³/mol. The number of rotatable bonds is 4. The highest BCUT2D eigenvalue weighted by molar-refractivity contribution is 8.03. The zero-order valence-electron chi connectivity index (χ0n) is 14.0. The third-order valence-corrected chi connectivity index (χ3v) is 4.62. The zero-order valence-corrected chi connectivity index (χ0v) is 15.6. The zero-order chi connectivity index (χ0) is 18.7. The van der Waals surface area contributed by atoms with E-state index in [2.05, 4.69) is 15.6 Å². The van der Waals surface area contributed by atoms with Crippen LogP contribution in [0, 0.1) is 24.5 Å². The van der Waals surface area contributed by atoms with Crippen LogP contribution in [0.5, 0.6) is 0 Å². The Kier molecular flexibility index (Phi) is 5.26. The van der Waals surface area contributed by atoms with Crippen LogP contribution in [0.15, 0.2) is 47.4 Å². The summed E-state index contributed by atoms with van der Waals surface area (Å²) < 4.78 is 1.60. The van der Waals surface area contributed by atoms with Gasteiger partial charge in [-0.2, -0.15) is 5.26 Å². The van der Waals surface area contributed by atoms with Gasteiger partial charge in [0.25, 0.3) is 5.91 Å². The van der Waals surface area contributed by atoms with Crippen molar-refractivity contribution in [3.63, 3.8) is 0 Å². The lowest BCUT2D eigenvalue weighted by Crippen LogP contribution is -2.14. The fourth-order valence-electron chi connectivity index (χ4n) is 2.43. The first-order valence-electron chi connectivity index (χ1n) is 7.66. The van der Waals surface area contributed by atoms with E-state index in [1.807, 2.05) is 18.4 Å². The van der Waals surface area contributed by atoms with Gasteiger partial charge in [0.1, 0.15) is 5.40 Å². The van der Waals surface area contributed by atoms with Crippen LogP contribution in [0.3, 0.4) is 0 Å². The van der Waals surface area contributed by atoms with Crippen molar-refractivity contribution < 1.29 is 4.79 Å². The Hall–Kier alpha value is -2.82. The monoisotopic (exact) mass is 383 g/mol. The molecule has 0 saturated heterocycles. The van der Waals surface area contributed by atoms with E-state index < -0.39 is 0 Å². The van der Waals surface area contributed by atoms with Gasteiger partial charge in [0.15, 0.2) is 5.69 Å². The summed E-state index contributed by atoms with van der Waals surface area (Å²) in [6.07, 6.45) is 0. The van der Waals surface area contributed by atoms with Crippen molar-refractivity contribution in [3.05, 3.63) is 64.4 Å². The molecule has 130 valence electrons. The van der Waals surface area contributed by atoms with Gasteiger partial charge in [0.05, 0.1) is 11.4 Å². The van der Waals surface area contributed by atoms with Gasteiger partial charge in [-0.1, -0.05) is 22.9 Å². The molecule has 1 N–H and O–H groups in total. The lowest BCUT2D eigenvalue weighted by atomic mass is 10.2. The van der Waals surface area contributed by atoms with Gasteiger partial charge in [-0.05, 0) is 67.6 Å². The molecular weight excluding hydrogens is 370 g/mol. The Morgan fingerprint density at radius 1 is 1.23 bits per heavy atom. The fraction of sp³-hybridized carbons (Fsp3) is 0.111. The van der Waals surface area contributed by atoms with Crippen LogP contribution in [0.4, 0.5) is 5.69 Å². The van der Waals surface area contributed by atoms with Crippen molar-refractivity contribution in [3.8, 4) is 11.1 Å². The number of nitrogens with zero attached hydrogens (tertiary/aromatic N) is 4. The number of hydrogen-bond acceptors (Lipinski definition) is 5. The second-order valence-electron chi connectivity index (χ2n) is 5.54. The highest BCUT2D eigenvalue weighted by atomic mass is 35.5. The molecule has 0 bridgehead atoms. The molecule has 0 fully saturated rings. The van der Waals surface area contributed by atoms with Crippen LogP contribution >= 0.6 is 23.4 Å². The van der Waals surface area contributed by atoms with Crippen molar-refractivity contribution in [2.45, 2.75) is 18.7 Å². The Labute approximate surface area is 159 Å². The number of amides is 1. The maximum Gasteiger partial charge on any atom is 0.278 e. The van der Waals surface area contributed by atoms with E-state index in [1.165, 1.54) is 0 Å². The molecule has 1 amide bonds. The standard InChI is InChI=1S/C18H14ClN5OS/c1-11-3-4-13(19)9-16(11)24-12(2)17(22-23-24)18(25)21-14-5-7-15(8-6-14)26-10-20/h3-9H,1-2H3,(H,21,25). The number of aromatic nitrogens is 3. The first-order chi connectivity index (χ1) is 12.5. The molecule has 2 aromatic carbocycles. The summed E-state index contributed by atoms with van der Waals surface area (Å²) in [6.45, 7) is 3.72. The van der Waals surface area contributed by atoms with E-state index in [0.29, 0.717) is 16.4 Å². The highest BCUT2D eigenvalue weighted by Crippen LogP contribution is 2.22. The number of benzene rings is 2. The summed E-state index contributed by atoms with van der Waals surface area (Å²) in [5.74, 6) is -0.353. The summed E-state index contributed by atoms with van der Waals surface area (Å²) in [4.78, 5) is 13.3. The SMILES string of the molecule is Cc1ccc(Cl)cc1-n1nnc(C(=O)Nc2ccc(SC#N)cc2)c1C. The van der Waals surface area contributed by atoms with Crippen molar-refractivity contribution in [2.24, 2.45) is 0 Å². The molecule has 0 aliphatic carbocycles. The first kappa shape index (κ1) is 18.0. The minimum absolute atomic E-state index is 0.236. The first-order valence-corrected chi connectivity index (χ1v) is 8.85. The number of nitrogens with one attached hydrogen (secondary N) is 1. The third kappa shape index (κ3) is 3.72. The van der Waals surface area contributed by atoms with E-state index >= 15 is 0 Å². The maximum absolute atomic E-state index is 12.5. The Balaban J connectivity index is 1.84. The predicted octanol–water partition coefficient (Wildman–Crippen LogP) is 4.36. The van der Waals surface area contributed by atoms with Crippen LogP contribution < -0.4 is 5.32 Å². The van der Waals surface area contributed by atoms with E-state index in [-0.39, 0.29) is 11.6 Å². The van der Waals surface area contributed by atoms with Crippen LogP contribution in [-0.2, 0) is 0 Å². The summed E-state index contributed by atoms with van der Waals surface area (Å²) in [7, 11) is 0. The van der Waals surface area contributed by atoms with Gasteiger partial charge in [0, 0.05) is 15.6 Å². The molecule has 0 saturated carbocycles. The van der Waals surface area contributed by atoms with Crippen LogP contribution in [0.1, 0.15) is 21.7 Å². The quantitative estimate of drug-likeness (QED) is 0.534. The highest BCUT2D eigenvalue weighted by Gasteiger charge is 2.18. The van der Waals surface area contributed by atoms with Gasteiger partial charge in [-0.25, -0.2) is 4.68 Å². The number of thiocyanates is 1. The summed E-state index contributed by atoms with van der Waals surface area (Å²) in [6, 6.07) is 12.5. The van der Waals surface area contributed by atoms with E-state index in [1.54, 1.807) is 48.0 Å². The molecule has 1 aromatic heterocycles. The normalized spacial score (nSPS) is 10.4. The molecule has 0 radical (unpaired) electrons. The molecule has 3 aromatic rings. The van der Waals surface area contributed by atoms with Crippen LogP contribution in [0.2, 0.25) is 5.02 Å². The second-order valence-corrected chi connectivity index (χ2v) is 6.83. The largest absolute Gasteiger partial charge is 0.321 e. The van der Waals surface area contributed by atoms with E-state index in [9.17, 15) is 4.79 Å². The van der Waals surface area contributed by atoms with Gasteiger partial charge in [-0.15, -0.1) is 5.10 Å². The third-order valence-electron chi connectivity index (χ3n) is 3.78. The fourth-order valence-corrected chi connectivity index (χ4v) is 2.97. The average Bonchev–Trinajstić information content (AvgIpc) is 3.00. The number of carbonyl (C=O) groups excluding carboxylic acids is 1. The average molecular weight is 384 g/mol. The molecule has 0 aliphatic heterocycles. The van der Waals surface area contributed by atoms with Crippen molar-refractivity contribution >= 4 is 35.0 Å². The Morgan fingerprint density at radius 2 is 1.96 bits per heavy atom. The number of hydrogen-bond donors (Lipinski definition) is 1. The minimum Gasteiger partial charge on any atom is -0.321 e. The smallest absolute Gasteiger partial charge is 0.278 e. The topological polar surface area (TPSA) is 83.6 Å². The number of anilines is 1. The number of halogens is 1. The molecule has 0 unspecified atom stereocenters. The number of nitriles is 1. The van der Waals surface area contributed by atoms with Crippen LogP contribution in [-0.4, -0.2) is 20.9 Å². The molecular formula is C18H14ClN5OS. The second kappa shape index (κ2) is 7.60. The summed E-state index contributed by atoms with van der Waals surface area (Å²) >= 11 is 7.13. The number of aryl methyl sites for hydroxylation is 1. The van der Waals surface area contributed by atoms with E-state index in [0.717, 1.165) is 27.9 Å². The summed E-state index contributed by atoms with van der Waals surface area (Å²) in [5.41, 5.74) is 3.22. The van der Waals surface area contributed by atoms with Crippen LogP contribution in [0.25, 0.3) is 5.69 Å². The molecule has 1 heterocycles. The van der Waals surface area contributed by atoms with E-state index in [4.69, 9.17) is 16.9 Å². The molecule has 26 heavy (non-hydrogen) atoms. The summed E-state index contributed by atoms with van der Waals surface area (Å²) in [5, 5.41) is 22.2. The van der Waals surface area contributed by atoms with Crippen molar-refractivity contribution in [1.82, 2.24) is 15.0 Å². The molecule has 3 rings (SSSR count). The Morgan fingerprint density at radius 3 is 2.65 bits per heavy atom. The lowest BCUT2D eigenvalue weighted by Gasteiger charge is -2.08. The van der Waals surface area contributed by atoms with Gasteiger partial charge in [0.2, 0.25) is 0 Å². The lowest BCUT2D eigenvalue weighted by molar-refractivity contribution is 0.102. The van der Waals surface area contributed by atoms with Crippen molar-refractivity contribution in [2.75, 3.05) is 5.32 Å².